The summed E-state index contributed by atoms with van der Waals surface area (Å²) in [6.45, 7) is 11.6. The van der Waals surface area contributed by atoms with E-state index in [2.05, 4.69) is 32.6 Å². The first-order valence-corrected chi connectivity index (χ1v) is 25.4. The van der Waals surface area contributed by atoms with Gasteiger partial charge in [-0.1, -0.05) is 207 Å². The third kappa shape index (κ3) is 39.4. The lowest BCUT2D eigenvalue weighted by atomic mass is 9.96. The molecule has 5 nitrogen and oxygen atoms in total. The Kier molecular flexibility index (Phi) is 43.6. The molecule has 0 heterocycles. The highest BCUT2D eigenvalue weighted by molar-refractivity contribution is 5.78. The lowest BCUT2D eigenvalue weighted by Crippen LogP contribution is -2.32. The Morgan fingerprint density at radius 2 is 0.714 bits per heavy atom. The smallest absolute Gasteiger partial charge is 0.305 e. The van der Waals surface area contributed by atoms with E-state index in [1.54, 1.807) is 0 Å². The molecular formula is C51H99NO4. The third-order valence-electron chi connectivity index (χ3n) is 12.0. The minimum absolute atomic E-state index is 0.0173. The van der Waals surface area contributed by atoms with E-state index in [-0.39, 0.29) is 5.97 Å². The fraction of sp³-hybridized carbons (Fsp3) is 0.941. The molecule has 332 valence electrons. The maximum Gasteiger partial charge on any atom is 0.305 e. The van der Waals surface area contributed by atoms with Crippen molar-refractivity contribution in [2.45, 2.75) is 285 Å². The number of hydrogen-bond acceptors (Lipinski definition) is 4. The summed E-state index contributed by atoms with van der Waals surface area (Å²) in [5.41, 5.74) is 0. The van der Waals surface area contributed by atoms with Crippen molar-refractivity contribution in [1.82, 2.24) is 4.90 Å². The predicted octanol–water partition coefficient (Wildman–Crippen LogP) is 16.2. The van der Waals surface area contributed by atoms with Crippen LogP contribution in [0.3, 0.4) is 0 Å². The van der Waals surface area contributed by atoms with Gasteiger partial charge in [0.1, 0.15) is 5.78 Å². The highest BCUT2D eigenvalue weighted by atomic mass is 16.5. The molecule has 0 aliphatic heterocycles. The van der Waals surface area contributed by atoms with Gasteiger partial charge in [-0.25, -0.2) is 0 Å². The second kappa shape index (κ2) is 44.7. The van der Waals surface area contributed by atoms with Gasteiger partial charge < -0.3 is 9.64 Å². The van der Waals surface area contributed by atoms with Crippen molar-refractivity contribution in [3.63, 3.8) is 0 Å². The number of carbonyl (C=O) groups is 3. The molecule has 0 spiro atoms. The number of nitrogens with zero attached hydrogens (tertiary/aromatic N) is 1. The number of ketones is 1. The Hall–Kier alpha value is -1.39. The zero-order valence-corrected chi connectivity index (χ0v) is 38.6. The first-order valence-electron chi connectivity index (χ1n) is 25.4. The van der Waals surface area contributed by atoms with Gasteiger partial charge in [-0.15, -0.1) is 0 Å². The van der Waals surface area contributed by atoms with Crippen molar-refractivity contribution in [2.24, 2.45) is 5.92 Å². The maximum atomic E-state index is 13.2. The summed E-state index contributed by atoms with van der Waals surface area (Å²) in [6.07, 6.45) is 46.7. The van der Waals surface area contributed by atoms with Crippen LogP contribution in [-0.4, -0.2) is 42.3 Å². The summed E-state index contributed by atoms with van der Waals surface area (Å²) < 4.78 is 5.67. The largest absolute Gasteiger partial charge is 0.465 e. The molecule has 0 aromatic rings. The van der Waals surface area contributed by atoms with E-state index in [9.17, 15) is 14.4 Å². The van der Waals surface area contributed by atoms with E-state index in [1.165, 1.54) is 154 Å². The predicted molar refractivity (Wildman–Crippen MR) is 243 cm³/mol. The molecular weight excluding hydrogens is 691 g/mol. The molecule has 0 N–H and O–H groups in total. The standard InChI is InChI=1S/C51H99NO4/c1-5-9-13-16-18-24-30-37-45-52(46-38-31-25-19-17-14-10-6-2)50(54)43-35-28-22-20-26-33-41-49(53)42-34-27-21-23-29-36-44-51(55)56-47-48(39-12-8-4)40-32-15-11-7-3/h48H,5-47H2,1-4H3. The molecule has 0 aliphatic rings. The molecule has 0 saturated carbocycles. The fourth-order valence-electron chi connectivity index (χ4n) is 8.07. The number of unbranched alkanes of at least 4 members (excludes halogenated alkanes) is 28. The first-order chi connectivity index (χ1) is 27.5. The Morgan fingerprint density at radius 1 is 0.375 bits per heavy atom. The minimum atomic E-state index is -0.0173. The van der Waals surface area contributed by atoms with Crippen LogP contribution in [0.5, 0.6) is 0 Å². The van der Waals surface area contributed by atoms with Gasteiger partial charge in [0.25, 0.3) is 0 Å². The molecule has 5 heteroatoms. The third-order valence-corrected chi connectivity index (χ3v) is 12.0. The maximum absolute atomic E-state index is 13.2. The zero-order valence-electron chi connectivity index (χ0n) is 38.6. The number of amides is 1. The Bertz CT molecular complexity index is 824. The van der Waals surface area contributed by atoms with Gasteiger partial charge >= 0.3 is 5.97 Å². The van der Waals surface area contributed by atoms with Crippen LogP contribution >= 0.6 is 0 Å². The van der Waals surface area contributed by atoms with E-state index >= 15 is 0 Å². The van der Waals surface area contributed by atoms with Crippen LogP contribution in [-0.2, 0) is 19.1 Å². The highest BCUT2D eigenvalue weighted by Crippen LogP contribution is 2.19. The van der Waals surface area contributed by atoms with E-state index < -0.39 is 0 Å². The summed E-state index contributed by atoms with van der Waals surface area (Å²) >= 11 is 0. The van der Waals surface area contributed by atoms with E-state index in [1.807, 2.05) is 0 Å². The van der Waals surface area contributed by atoms with Gasteiger partial charge in [-0.05, 0) is 57.3 Å². The Morgan fingerprint density at radius 3 is 1.16 bits per heavy atom. The average molecular weight is 790 g/mol. The van der Waals surface area contributed by atoms with Gasteiger partial charge in [0, 0.05) is 38.8 Å². The van der Waals surface area contributed by atoms with Crippen molar-refractivity contribution >= 4 is 17.7 Å². The lowest BCUT2D eigenvalue weighted by molar-refractivity contribution is -0.145. The van der Waals surface area contributed by atoms with Gasteiger partial charge in [-0.2, -0.15) is 0 Å². The molecule has 1 atom stereocenters. The number of hydrogen-bond donors (Lipinski definition) is 0. The van der Waals surface area contributed by atoms with Crippen LogP contribution in [0.4, 0.5) is 0 Å². The van der Waals surface area contributed by atoms with Crippen LogP contribution in [0.2, 0.25) is 0 Å². The van der Waals surface area contributed by atoms with Crippen LogP contribution in [0.15, 0.2) is 0 Å². The number of esters is 1. The Labute approximate surface area is 350 Å². The molecule has 0 bridgehead atoms. The lowest BCUT2D eigenvalue weighted by Gasteiger charge is -2.23. The number of rotatable bonds is 46. The summed E-state index contributed by atoms with van der Waals surface area (Å²) in [5, 5.41) is 0. The molecule has 56 heavy (non-hydrogen) atoms. The molecule has 0 fully saturated rings. The van der Waals surface area contributed by atoms with Gasteiger partial charge in [0.2, 0.25) is 5.91 Å². The minimum Gasteiger partial charge on any atom is -0.465 e. The van der Waals surface area contributed by atoms with Crippen molar-refractivity contribution < 1.29 is 19.1 Å². The zero-order chi connectivity index (χ0) is 41.0. The summed E-state index contributed by atoms with van der Waals surface area (Å²) in [5.74, 6) is 1.33. The van der Waals surface area contributed by atoms with Gasteiger partial charge in [0.05, 0.1) is 6.61 Å². The first kappa shape index (κ1) is 54.6. The molecule has 1 unspecified atom stereocenters. The Balaban J connectivity index is 3.95. The molecule has 0 aromatic carbocycles. The number of carbonyl (C=O) groups excluding carboxylic acids is 3. The summed E-state index contributed by atoms with van der Waals surface area (Å²) in [6, 6.07) is 0. The second-order valence-corrected chi connectivity index (χ2v) is 17.7. The number of ether oxygens (including phenoxy) is 1. The molecule has 0 aliphatic carbocycles. The van der Waals surface area contributed by atoms with Crippen LogP contribution in [0.25, 0.3) is 0 Å². The number of Topliss-reactive ketones (excluding diaryl/α,β-unsaturated/α-hetero) is 1. The monoisotopic (exact) mass is 790 g/mol. The molecule has 0 rings (SSSR count). The fourth-order valence-corrected chi connectivity index (χ4v) is 8.07. The molecule has 0 radical (unpaired) electrons. The van der Waals surface area contributed by atoms with Crippen molar-refractivity contribution in [3.8, 4) is 0 Å². The average Bonchev–Trinajstić information content (AvgIpc) is 3.20. The topological polar surface area (TPSA) is 63.7 Å². The quantitative estimate of drug-likeness (QED) is 0.0455. The van der Waals surface area contributed by atoms with Crippen LogP contribution in [0.1, 0.15) is 285 Å². The van der Waals surface area contributed by atoms with E-state index in [0.29, 0.717) is 37.1 Å². The molecule has 0 saturated heterocycles. The molecule has 0 aromatic heterocycles. The van der Waals surface area contributed by atoms with E-state index in [0.717, 1.165) is 103 Å². The second-order valence-electron chi connectivity index (χ2n) is 17.7. The van der Waals surface area contributed by atoms with Crippen molar-refractivity contribution in [3.05, 3.63) is 0 Å². The normalized spacial score (nSPS) is 11.9. The summed E-state index contributed by atoms with van der Waals surface area (Å²) in [4.78, 5) is 40.1. The van der Waals surface area contributed by atoms with Gasteiger partial charge in [0.15, 0.2) is 0 Å². The van der Waals surface area contributed by atoms with Crippen molar-refractivity contribution in [1.29, 1.82) is 0 Å². The van der Waals surface area contributed by atoms with Crippen molar-refractivity contribution in [2.75, 3.05) is 19.7 Å². The van der Waals surface area contributed by atoms with Crippen LogP contribution in [0, 0.1) is 5.92 Å². The van der Waals surface area contributed by atoms with E-state index in [4.69, 9.17) is 4.74 Å². The SMILES string of the molecule is CCCCCCCCCCN(CCCCCCCCCC)C(=O)CCCCCCCCC(=O)CCCCCCCCC(=O)OCC(CCCC)CCCCCC. The van der Waals surface area contributed by atoms with Crippen LogP contribution < -0.4 is 0 Å². The molecule has 1 amide bonds. The summed E-state index contributed by atoms with van der Waals surface area (Å²) in [7, 11) is 0. The van der Waals surface area contributed by atoms with Gasteiger partial charge in [-0.3, -0.25) is 14.4 Å². The highest BCUT2D eigenvalue weighted by Gasteiger charge is 2.14.